The van der Waals surface area contributed by atoms with Crippen molar-refractivity contribution in [1.82, 2.24) is 35.3 Å². The standard InChI is InChI=1S/C46H50N10O10/c47-41(58)40-35(51-43(60)36-27-66-45(52-36)31-14-15-48-38(23-31)50-24-28-6-7-28)26-56(54-40)32-10-8-30(9-11-32)42(59)49-16-18-64-20-22-65-21-19-63-17-2-4-29-3-1-5-33-34(29)25-55(46(33)62)37-12-13-39(57)53-44(37)61/h1,3,5,8-11,14-15,23,26-28,37H,2,4,6-7,12-13,16-22,24-25H2,(H2,47,58)(H,48,50)(H,49,59)(H,51,60)(H,53,57,61). The molecule has 20 heteroatoms. The zero-order valence-corrected chi connectivity index (χ0v) is 36.1. The lowest BCUT2D eigenvalue weighted by atomic mass is 10.00. The Morgan fingerprint density at radius 2 is 1.68 bits per heavy atom. The van der Waals surface area contributed by atoms with Crippen LogP contribution in [0.15, 0.2) is 77.7 Å². The molecule has 0 bridgehead atoms. The molecule has 2 fully saturated rings. The van der Waals surface area contributed by atoms with Gasteiger partial charge in [0.1, 0.15) is 18.1 Å². The normalized spacial score (nSPS) is 15.7. The molecule has 3 aliphatic rings. The van der Waals surface area contributed by atoms with E-state index in [1.807, 2.05) is 12.1 Å². The lowest BCUT2D eigenvalue weighted by molar-refractivity contribution is -0.136. The zero-order valence-electron chi connectivity index (χ0n) is 36.1. The van der Waals surface area contributed by atoms with Crippen LogP contribution in [0.5, 0.6) is 0 Å². The molecule has 20 nitrogen and oxygen atoms in total. The minimum Gasteiger partial charge on any atom is -0.444 e. The lowest BCUT2D eigenvalue weighted by Gasteiger charge is -2.29. The highest BCUT2D eigenvalue weighted by Gasteiger charge is 2.39. The maximum absolute atomic E-state index is 13.2. The van der Waals surface area contributed by atoms with Crippen molar-refractivity contribution >= 4 is 46.9 Å². The first-order chi connectivity index (χ1) is 32.1. The third-order valence-corrected chi connectivity index (χ3v) is 11.3. The number of carbonyl (C=O) groups is 6. The average Bonchev–Trinajstić information content (AvgIpc) is 3.66. The maximum atomic E-state index is 13.2. The quantitative estimate of drug-likeness (QED) is 0.0466. The van der Waals surface area contributed by atoms with Gasteiger partial charge in [0.2, 0.25) is 17.7 Å². The van der Waals surface area contributed by atoms with Crippen LogP contribution >= 0.6 is 0 Å². The number of benzene rings is 2. The Morgan fingerprint density at radius 3 is 2.44 bits per heavy atom. The van der Waals surface area contributed by atoms with Crippen LogP contribution in [0.1, 0.15) is 84.9 Å². The molecule has 0 radical (unpaired) electrons. The van der Waals surface area contributed by atoms with Crippen LogP contribution in [0.4, 0.5) is 11.5 Å². The van der Waals surface area contributed by atoms with Crippen LogP contribution < -0.4 is 27.0 Å². The molecule has 1 saturated carbocycles. The summed E-state index contributed by atoms with van der Waals surface area (Å²) < 4.78 is 23.9. The van der Waals surface area contributed by atoms with Crippen LogP contribution in [0.2, 0.25) is 0 Å². The highest BCUT2D eigenvalue weighted by Crippen LogP contribution is 2.31. The summed E-state index contributed by atoms with van der Waals surface area (Å²) in [5.41, 5.74) is 9.57. The lowest BCUT2D eigenvalue weighted by Crippen LogP contribution is -2.52. The molecule has 5 aromatic rings. The van der Waals surface area contributed by atoms with Crippen molar-refractivity contribution in [2.75, 3.05) is 63.4 Å². The number of hydrogen-bond donors (Lipinski definition) is 5. The van der Waals surface area contributed by atoms with Crippen LogP contribution in [0.25, 0.3) is 17.1 Å². The summed E-state index contributed by atoms with van der Waals surface area (Å²) in [6.07, 6.45) is 8.71. The molecule has 5 heterocycles. The molecular formula is C46H50N10O10. The summed E-state index contributed by atoms with van der Waals surface area (Å²) in [5.74, 6) is -1.14. The first-order valence-electron chi connectivity index (χ1n) is 21.8. The van der Waals surface area contributed by atoms with Gasteiger partial charge in [0, 0.05) is 55.5 Å². The summed E-state index contributed by atoms with van der Waals surface area (Å²) in [4.78, 5) is 85.4. The Bertz CT molecular complexity index is 2590. The van der Waals surface area contributed by atoms with E-state index < -0.39 is 23.8 Å². The number of carbonyl (C=O) groups excluding carboxylic acids is 6. The molecule has 1 atom stereocenters. The van der Waals surface area contributed by atoms with E-state index in [0.29, 0.717) is 86.5 Å². The molecular weight excluding hydrogens is 853 g/mol. The Balaban J connectivity index is 0.696. The SMILES string of the molecule is NC(=O)c1nn(-c2ccc(C(=O)NCCOCCOCCOCCCc3cccc4c3CN(C3CCC(=O)NC3=O)C4=O)cc2)cc1NC(=O)c1coc(-c2ccnc(NCC3CC3)c2)n1. The fraction of sp³-hybridized carbons (Fsp3) is 0.370. The molecule has 6 N–H and O–H groups in total. The van der Waals surface area contributed by atoms with Crippen molar-refractivity contribution in [1.29, 1.82) is 0 Å². The highest BCUT2D eigenvalue weighted by molar-refractivity contribution is 6.07. The Hall–Kier alpha value is -7.29. The number of oxazole rings is 1. The second-order valence-corrected chi connectivity index (χ2v) is 16.0. The van der Waals surface area contributed by atoms with Crippen LogP contribution in [-0.4, -0.2) is 119 Å². The Morgan fingerprint density at radius 1 is 0.909 bits per heavy atom. The van der Waals surface area contributed by atoms with Crippen LogP contribution in [-0.2, 0) is 36.8 Å². The minimum absolute atomic E-state index is 0.0181. The largest absolute Gasteiger partial charge is 0.444 e. The highest BCUT2D eigenvalue weighted by atomic mass is 16.5. The van der Waals surface area contributed by atoms with E-state index >= 15 is 0 Å². The fourth-order valence-electron chi connectivity index (χ4n) is 7.60. The molecule has 1 unspecified atom stereocenters. The number of aromatic nitrogens is 4. The summed E-state index contributed by atoms with van der Waals surface area (Å²) in [6, 6.07) is 15.0. The molecule has 8 rings (SSSR count). The van der Waals surface area contributed by atoms with Gasteiger partial charge >= 0.3 is 0 Å². The van der Waals surface area contributed by atoms with Gasteiger partial charge in [-0.25, -0.2) is 14.6 Å². The van der Waals surface area contributed by atoms with Crippen molar-refractivity contribution < 1.29 is 47.4 Å². The van der Waals surface area contributed by atoms with E-state index in [0.717, 1.165) is 24.1 Å². The van der Waals surface area contributed by atoms with Crippen molar-refractivity contribution in [2.24, 2.45) is 11.7 Å². The molecule has 0 spiro atoms. The predicted molar refractivity (Wildman–Crippen MR) is 237 cm³/mol. The third kappa shape index (κ3) is 11.3. The number of rotatable bonds is 23. The van der Waals surface area contributed by atoms with E-state index in [2.05, 4.69) is 36.3 Å². The van der Waals surface area contributed by atoms with Gasteiger partial charge in [0.15, 0.2) is 11.4 Å². The van der Waals surface area contributed by atoms with Gasteiger partial charge in [0.25, 0.3) is 23.6 Å². The van der Waals surface area contributed by atoms with Gasteiger partial charge in [-0.1, -0.05) is 12.1 Å². The van der Waals surface area contributed by atoms with Gasteiger partial charge in [-0.2, -0.15) is 5.10 Å². The molecule has 3 aromatic heterocycles. The van der Waals surface area contributed by atoms with Gasteiger partial charge in [-0.15, -0.1) is 0 Å². The van der Waals surface area contributed by atoms with Gasteiger partial charge < -0.3 is 45.2 Å². The van der Waals surface area contributed by atoms with E-state index in [1.165, 1.54) is 30.0 Å². The zero-order chi connectivity index (χ0) is 46.0. The number of anilines is 2. The average molecular weight is 903 g/mol. The molecule has 2 aromatic carbocycles. The van der Waals surface area contributed by atoms with E-state index in [9.17, 15) is 28.8 Å². The number of nitrogens with zero attached hydrogens (tertiary/aromatic N) is 5. The number of nitrogens with one attached hydrogen (secondary N) is 4. The number of primary amides is 1. The van der Waals surface area contributed by atoms with Gasteiger partial charge in [0.05, 0.1) is 50.6 Å². The van der Waals surface area contributed by atoms with Crippen molar-refractivity contribution in [3.63, 3.8) is 0 Å². The minimum atomic E-state index is -0.855. The molecule has 1 saturated heterocycles. The Labute approximate surface area is 378 Å². The van der Waals surface area contributed by atoms with Crippen molar-refractivity contribution in [3.8, 4) is 17.1 Å². The van der Waals surface area contributed by atoms with E-state index in [1.54, 1.807) is 53.6 Å². The van der Waals surface area contributed by atoms with Crippen molar-refractivity contribution in [3.05, 3.63) is 107 Å². The van der Waals surface area contributed by atoms with Gasteiger partial charge in [-0.05, 0) is 91.6 Å². The number of nitrogens with two attached hydrogens (primary N) is 1. The maximum Gasteiger partial charge on any atom is 0.277 e. The van der Waals surface area contributed by atoms with Crippen LogP contribution in [0.3, 0.4) is 0 Å². The third-order valence-electron chi connectivity index (χ3n) is 11.3. The second-order valence-electron chi connectivity index (χ2n) is 16.0. The van der Waals surface area contributed by atoms with Crippen LogP contribution in [0, 0.1) is 5.92 Å². The summed E-state index contributed by atoms with van der Waals surface area (Å²) in [5, 5.41) is 15.3. The molecule has 6 amide bonds. The molecule has 66 heavy (non-hydrogen) atoms. The smallest absolute Gasteiger partial charge is 0.277 e. The molecule has 344 valence electrons. The summed E-state index contributed by atoms with van der Waals surface area (Å²) in [7, 11) is 0. The summed E-state index contributed by atoms with van der Waals surface area (Å²) >= 11 is 0. The molecule has 1 aliphatic carbocycles. The number of imide groups is 1. The monoisotopic (exact) mass is 902 g/mol. The number of piperidine rings is 1. The second kappa shape index (κ2) is 21.1. The fourth-order valence-corrected chi connectivity index (χ4v) is 7.60. The van der Waals surface area contributed by atoms with E-state index in [4.69, 9.17) is 24.4 Å². The van der Waals surface area contributed by atoms with Gasteiger partial charge in [-0.3, -0.25) is 34.1 Å². The summed E-state index contributed by atoms with van der Waals surface area (Å²) in [6.45, 7) is 3.74. The predicted octanol–water partition coefficient (Wildman–Crippen LogP) is 3.27. The number of pyridine rings is 1. The first kappa shape index (κ1) is 45.3. The van der Waals surface area contributed by atoms with E-state index in [-0.39, 0.29) is 60.3 Å². The topological polar surface area (TPSA) is 264 Å². The Kier molecular flexibility index (Phi) is 14.5. The number of ether oxygens (including phenoxy) is 3. The number of fused-ring (bicyclic) bond motifs is 1. The molecule has 2 aliphatic heterocycles. The van der Waals surface area contributed by atoms with Crippen molar-refractivity contribution in [2.45, 2.75) is 51.1 Å². The number of aryl methyl sites for hydroxylation is 1. The first-order valence-corrected chi connectivity index (χ1v) is 21.8. The number of amides is 6. The number of hydrogen-bond acceptors (Lipinski definition) is 14.